The number of phenolic OH excluding ortho intramolecular Hbond substituents is 1. The summed E-state index contributed by atoms with van der Waals surface area (Å²) >= 11 is 6.31. The van der Waals surface area contributed by atoms with Crippen LogP contribution < -0.4 is 4.74 Å². The number of hydrogen-bond donors (Lipinski definition) is 1. The lowest BCUT2D eigenvalue weighted by molar-refractivity contribution is 0.361. The van der Waals surface area contributed by atoms with Gasteiger partial charge in [-0.2, -0.15) is 0 Å². The van der Waals surface area contributed by atoms with Crippen molar-refractivity contribution >= 4 is 11.6 Å². The summed E-state index contributed by atoms with van der Waals surface area (Å²) in [6.45, 7) is 8.91. The summed E-state index contributed by atoms with van der Waals surface area (Å²) in [7, 11) is 1.58. The van der Waals surface area contributed by atoms with Gasteiger partial charge in [0, 0.05) is 5.02 Å². The van der Waals surface area contributed by atoms with Crippen molar-refractivity contribution in [2.75, 3.05) is 7.11 Å². The van der Waals surface area contributed by atoms with E-state index in [-0.39, 0.29) is 11.2 Å². The molecule has 0 bridgehead atoms. The van der Waals surface area contributed by atoms with Crippen molar-refractivity contribution in [2.45, 2.75) is 52.4 Å². The number of rotatable bonds is 7. The van der Waals surface area contributed by atoms with Crippen LogP contribution in [0.3, 0.4) is 0 Å². The summed E-state index contributed by atoms with van der Waals surface area (Å²) in [6.07, 6.45) is 3.17. The second kappa shape index (κ2) is 8.14. The lowest BCUT2D eigenvalue weighted by Crippen LogP contribution is -2.21. The lowest BCUT2D eigenvalue weighted by atomic mass is 9.76. The van der Waals surface area contributed by atoms with Gasteiger partial charge in [0.25, 0.3) is 0 Å². The molecule has 1 unspecified atom stereocenters. The van der Waals surface area contributed by atoms with Gasteiger partial charge in [0.05, 0.1) is 7.11 Å². The van der Waals surface area contributed by atoms with Crippen LogP contribution in [0.2, 0.25) is 5.02 Å². The Bertz CT molecular complexity index is 722. The van der Waals surface area contributed by atoms with E-state index in [1.54, 1.807) is 13.2 Å². The van der Waals surface area contributed by atoms with Crippen molar-refractivity contribution in [1.82, 2.24) is 0 Å². The van der Waals surface area contributed by atoms with Gasteiger partial charge in [-0.3, -0.25) is 0 Å². The van der Waals surface area contributed by atoms with Crippen molar-refractivity contribution in [3.8, 4) is 11.5 Å². The molecule has 0 aliphatic heterocycles. The van der Waals surface area contributed by atoms with E-state index in [1.807, 2.05) is 19.1 Å². The van der Waals surface area contributed by atoms with E-state index in [9.17, 15) is 5.11 Å². The van der Waals surface area contributed by atoms with E-state index < -0.39 is 0 Å². The van der Waals surface area contributed by atoms with Gasteiger partial charge in [0.2, 0.25) is 0 Å². The first-order chi connectivity index (χ1) is 11.7. The number of methoxy groups -OCH3 is 1. The Kier molecular flexibility index (Phi) is 6.40. The molecule has 1 N–H and O–H groups in total. The number of aryl methyl sites for hydroxylation is 2. The largest absolute Gasteiger partial charge is 0.504 e. The highest BCUT2D eigenvalue weighted by Gasteiger charge is 2.24. The first-order valence-electron chi connectivity index (χ1n) is 8.85. The van der Waals surface area contributed by atoms with Gasteiger partial charge in [0.1, 0.15) is 0 Å². The van der Waals surface area contributed by atoms with E-state index in [4.69, 9.17) is 16.3 Å². The Morgan fingerprint density at radius 2 is 1.88 bits per heavy atom. The van der Waals surface area contributed by atoms with Crippen LogP contribution in [0.25, 0.3) is 0 Å². The molecule has 136 valence electrons. The van der Waals surface area contributed by atoms with Crippen molar-refractivity contribution < 1.29 is 9.84 Å². The van der Waals surface area contributed by atoms with Crippen LogP contribution in [-0.4, -0.2) is 12.2 Å². The molecule has 2 nitrogen and oxygen atoms in total. The standard InChI is InChI=1S/C22H29ClO2/c1-15(6-8-17-9-11-20(24)21(12-17)25-5)14-22(3,4)18-10-7-16(2)19(23)13-18/h7,9-13,15,24H,6,8,14H2,1-5H3. The molecule has 0 saturated heterocycles. The first-order valence-corrected chi connectivity index (χ1v) is 9.23. The normalized spacial score (nSPS) is 12.9. The Hall–Kier alpha value is -1.67. The van der Waals surface area contributed by atoms with Crippen LogP contribution in [0, 0.1) is 12.8 Å². The molecule has 0 aromatic heterocycles. The van der Waals surface area contributed by atoms with E-state index in [0.29, 0.717) is 11.7 Å². The maximum absolute atomic E-state index is 9.70. The fraction of sp³-hybridized carbons (Fsp3) is 0.455. The van der Waals surface area contributed by atoms with E-state index >= 15 is 0 Å². The third-order valence-corrected chi connectivity index (χ3v) is 5.39. The average Bonchev–Trinajstić information content (AvgIpc) is 2.56. The molecule has 0 saturated carbocycles. The predicted octanol–water partition coefficient (Wildman–Crippen LogP) is 6.30. The van der Waals surface area contributed by atoms with Gasteiger partial charge in [-0.05, 0) is 72.4 Å². The van der Waals surface area contributed by atoms with Gasteiger partial charge >= 0.3 is 0 Å². The lowest BCUT2D eigenvalue weighted by Gasteiger charge is -2.29. The minimum absolute atomic E-state index is 0.0867. The van der Waals surface area contributed by atoms with Gasteiger partial charge in [-0.15, -0.1) is 0 Å². The van der Waals surface area contributed by atoms with E-state index in [2.05, 4.69) is 39.0 Å². The quantitative estimate of drug-likeness (QED) is 0.627. The Labute approximate surface area is 156 Å². The molecule has 25 heavy (non-hydrogen) atoms. The van der Waals surface area contributed by atoms with Crippen LogP contribution >= 0.6 is 11.6 Å². The first kappa shape index (κ1) is 19.7. The molecule has 1 atom stereocenters. The third kappa shape index (κ3) is 5.15. The summed E-state index contributed by atoms with van der Waals surface area (Å²) in [5.41, 5.74) is 3.69. The number of hydrogen-bond acceptors (Lipinski definition) is 2. The molecule has 2 aromatic rings. The second-order valence-corrected chi connectivity index (χ2v) is 8.11. The number of aromatic hydroxyl groups is 1. The molecule has 0 amide bonds. The Balaban J connectivity index is 1.98. The number of ether oxygens (including phenoxy) is 1. The summed E-state index contributed by atoms with van der Waals surface area (Å²) in [5.74, 6) is 1.31. The molecular formula is C22H29ClO2. The zero-order chi connectivity index (χ0) is 18.6. The zero-order valence-electron chi connectivity index (χ0n) is 15.9. The third-order valence-electron chi connectivity index (χ3n) is 4.98. The predicted molar refractivity (Wildman–Crippen MR) is 106 cm³/mol. The second-order valence-electron chi connectivity index (χ2n) is 7.70. The molecule has 2 rings (SSSR count). The van der Waals surface area contributed by atoms with Crippen LogP contribution in [-0.2, 0) is 11.8 Å². The Morgan fingerprint density at radius 1 is 1.16 bits per heavy atom. The summed E-state index contributed by atoms with van der Waals surface area (Å²) < 4.78 is 5.19. The van der Waals surface area contributed by atoms with Crippen LogP contribution in [0.5, 0.6) is 11.5 Å². The van der Waals surface area contributed by atoms with Gasteiger partial charge in [0.15, 0.2) is 11.5 Å². The maximum Gasteiger partial charge on any atom is 0.160 e. The van der Waals surface area contributed by atoms with E-state index in [0.717, 1.165) is 29.8 Å². The molecule has 0 aliphatic carbocycles. The van der Waals surface area contributed by atoms with Crippen LogP contribution in [0.1, 0.15) is 50.3 Å². The highest BCUT2D eigenvalue weighted by Crippen LogP contribution is 2.34. The van der Waals surface area contributed by atoms with Gasteiger partial charge in [-0.1, -0.05) is 50.6 Å². The van der Waals surface area contributed by atoms with Crippen molar-refractivity contribution in [3.63, 3.8) is 0 Å². The fourth-order valence-electron chi connectivity index (χ4n) is 3.40. The van der Waals surface area contributed by atoms with Crippen LogP contribution in [0.4, 0.5) is 0 Å². The topological polar surface area (TPSA) is 29.5 Å². The highest BCUT2D eigenvalue weighted by molar-refractivity contribution is 6.31. The molecule has 0 fully saturated rings. The molecule has 0 aliphatic rings. The molecule has 0 heterocycles. The molecule has 0 radical (unpaired) electrons. The summed E-state index contributed by atoms with van der Waals surface area (Å²) in [5, 5.41) is 10.5. The van der Waals surface area contributed by atoms with Crippen molar-refractivity contribution in [1.29, 1.82) is 0 Å². The Morgan fingerprint density at radius 3 is 2.52 bits per heavy atom. The van der Waals surface area contributed by atoms with Crippen molar-refractivity contribution in [2.24, 2.45) is 5.92 Å². The van der Waals surface area contributed by atoms with E-state index in [1.165, 1.54) is 11.1 Å². The van der Waals surface area contributed by atoms with Crippen molar-refractivity contribution in [3.05, 3.63) is 58.1 Å². The number of phenols is 1. The average molecular weight is 361 g/mol. The van der Waals surface area contributed by atoms with Gasteiger partial charge in [-0.25, -0.2) is 0 Å². The molecule has 3 heteroatoms. The highest BCUT2D eigenvalue weighted by atomic mass is 35.5. The molecule has 0 spiro atoms. The minimum Gasteiger partial charge on any atom is -0.504 e. The fourth-order valence-corrected chi connectivity index (χ4v) is 3.58. The summed E-state index contributed by atoms with van der Waals surface area (Å²) in [4.78, 5) is 0. The summed E-state index contributed by atoms with van der Waals surface area (Å²) in [6, 6.07) is 12.0. The maximum atomic E-state index is 9.70. The number of halogens is 1. The zero-order valence-corrected chi connectivity index (χ0v) is 16.7. The number of benzene rings is 2. The molecular weight excluding hydrogens is 332 g/mol. The smallest absolute Gasteiger partial charge is 0.160 e. The molecule has 2 aromatic carbocycles. The van der Waals surface area contributed by atoms with Crippen LogP contribution in [0.15, 0.2) is 36.4 Å². The SMILES string of the molecule is COc1cc(CCC(C)CC(C)(C)c2ccc(C)c(Cl)c2)ccc1O. The minimum atomic E-state index is 0.0867. The van der Waals surface area contributed by atoms with Gasteiger partial charge < -0.3 is 9.84 Å². The monoisotopic (exact) mass is 360 g/mol.